The second kappa shape index (κ2) is 6.56. The Bertz CT molecular complexity index is 559. The van der Waals surface area contributed by atoms with E-state index in [1.165, 1.54) is 12.8 Å². The summed E-state index contributed by atoms with van der Waals surface area (Å²) in [6.45, 7) is 8.98. The standard InChI is InChI=1S/C17H25N3O3/c1-16(2,3)23-15(22)19-17(4,12-21)13-7-8-14(18-11-13)20-9-5-6-10-20/h7-8,11-12H,5-6,9-10H2,1-4H3,(H,19,22). The van der Waals surface area contributed by atoms with E-state index in [2.05, 4.69) is 15.2 Å². The molecule has 6 nitrogen and oxygen atoms in total. The molecule has 1 atom stereocenters. The monoisotopic (exact) mass is 319 g/mol. The van der Waals surface area contributed by atoms with Gasteiger partial charge in [0.2, 0.25) is 0 Å². The van der Waals surface area contributed by atoms with Crippen LogP contribution in [0.3, 0.4) is 0 Å². The Morgan fingerprint density at radius 2 is 1.91 bits per heavy atom. The van der Waals surface area contributed by atoms with E-state index in [-0.39, 0.29) is 0 Å². The molecular formula is C17H25N3O3. The second-order valence-electron chi connectivity index (χ2n) is 7.05. The topological polar surface area (TPSA) is 71.5 Å². The highest BCUT2D eigenvalue weighted by Crippen LogP contribution is 2.23. The van der Waals surface area contributed by atoms with Gasteiger partial charge in [-0.1, -0.05) is 6.07 Å². The zero-order valence-electron chi connectivity index (χ0n) is 14.3. The van der Waals surface area contributed by atoms with E-state index in [0.29, 0.717) is 11.8 Å². The Kier molecular flexibility index (Phi) is 4.92. The van der Waals surface area contributed by atoms with Crippen LogP contribution in [0.1, 0.15) is 46.1 Å². The summed E-state index contributed by atoms with van der Waals surface area (Å²) in [5.41, 5.74) is -1.16. The highest BCUT2D eigenvalue weighted by Gasteiger charge is 2.31. The molecule has 1 amide bonds. The van der Waals surface area contributed by atoms with E-state index < -0.39 is 17.2 Å². The van der Waals surface area contributed by atoms with Gasteiger partial charge >= 0.3 is 6.09 Å². The van der Waals surface area contributed by atoms with E-state index in [0.717, 1.165) is 18.9 Å². The summed E-state index contributed by atoms with van der Waals surface area (Å²) >= 11 is 0. The lowest BCUT2D eigenvalue weighted by Crippen LogP contribution is -2.47. The lowest BCUT2D eigenvalue weighted by molar-refractivity contribution is -0.113. The lowest BCUT2D eigenvalue weighted by Gasteiger charge is -2.28. The molecule has 0 bridgehead atoms. The fraction of sp³-hybridized carbons (Fsp3) is 0.588. The van der Waals surface area contributed by atoms with E-state index in [1.807, 2.05) is 12.1 Å². The third-order valence-corrected chi connectivity index (χ3v) is 3.77. The molecule has 1 N–H and O–H groups in total. The van der Waals surface area contributed by atoms with Gasteiger partial charge in [-0.3, -0.25) is 0 Å². The van der Waals surface area contributed by atoms with Gasteiger partial charge < -0.3 is 19.7 Å². The minimum atomic E-state index is -1.17. The van der Waals surface area contributed by atoms with Crippen LogP contribution in [-0.4, -0.2) is 36.1 Å². The van der Waals surface area contributed by atoms with Crippen LogP contribution in [0.4, 0.5) is 10.6 Å². The van der Waals surface area contributed by atoms with Crippen LogP contribution < -0.4 is 10.2 Å². The molecule has 1 aromatic rings. The normalized spacial score (nSPS) is 17.5. The number of anilines is 1. The van der Waals surface area contributed by atoms with E-state index >= 15 is 0 Å². The van der Waals surface area contributed by atoms with E-state index in [1.54, 1.807) is 33.9 Å². The number of rotatable bonds is 4. The summed E-state index contributed by atoms with van der Waals surface area (Å²) in [6, 6.07) is 3.71. The second-order valence-corrected chi connectivity index (χ2v) is 7.05. The van der Waals surface area contributed by atoms with Crippen molar-refractivity contribution in [3.63, 3.8) is 0 Å². The van der Waals surface area contributed by atoms with Crippen molar-refractivity contribution in [1.82, 2.24) is 10.3 Å². The van der Waals surface area contributed by atoms with Crippen LogP contribution in [0.25, 0.3) is 0 Å². The van der Waals surface area contributed by atoms with Gasteiger partial charge in [0, 0.05) is 24.8 Å². The predicted molar refractivity (Wildman–Crippen MR) is 88.5 cm³/mol. The number of carbonyl (C=O) groups is 2. The molecule has 1 aliphatic rings. The maximum atomic E-state index is 12.0. The molecule has 1 aliphatic heterocycles. The molecule has 1 aromatic heterocycles. The number of nitrogens with one attached hydrogen (secondary N) is 1. The van der Waals surface area contributed by atoms with Crippen molar-refractivity contribution < 1.29 is 14.3 Å². The first-order chi connectivity index (χ1) is 10.7. The first kappa shape index (κ1) is 17.2. The number of hydrogen-bond donors (Lipinski definition) is 1. The highest BCUT2D eigenvalue weighted by molar-refractivity contribution is 5.77. The van der Waals surface area contributed by atoms with Gasteiger partial charge in [-0.15, -0.1) is 0 Å². The van der Waals surface area contributed by atoms with E-state index in [4.69, 9.17) is 4.74 Å². The smallest absolute Gasteiger partial charge is 0.408 e. The molecule has 0 aromatic carbocycles. The van der Waals surface area contributed by atoms with Crippen molar-refractivity contribution in [1.29, 1.82) is 0 Å². The molecule has 2 rings (SSSR count). The summed E-state index contributed by atoms with van der Waals surface area (Å²) in [5.74, 6) is 0.900. The molecule has 0 saturated carbocycles. The van der Waals surface area contributed by atoms with Gasteiger partial charge in [-0.2, -0.15) is 0 Å². The first-order valence-electron chi connectivity index (χ1n) is 7.92. The summed E-state index contributed by atoms with van der Waals surface area (Å²) in [7, 11) is 0. The molecule has 1 fully saturated rings. The lowest BCUT2D eigenvalue weighted by atomic mass is 9.95. The molecule has 6 heteroatoms. The highest BCUT2D eigenvalue weighted by atomic mass is 16.6. The van der Waals surface area contributed by atoms with Gasteiger partial charge in [-0.05, 0) is 46.6 Å². The van der Waals surface area contributed by atoms with Crippen LogP contribution >= 0.6 is 0 Å². The van der Waals surface area contributed by atoms with Gasteiger partial charge in [0.1, 0.15) is 23.2 Å². The number of hydrogen-bond acceptors (Lipinski definition) is 5. The molecule has 0 spiro atoms. The van der Waals surface area contributed by atoms with Crippen LogP contribution in [0.15, 0.2) is 18.3 Å². The summed E-state index contributed by atoms with van der Waals surface area (Å²) in [6.07, 6.45) is 4.06. The number of aldehydes is 1. The molecule has 0 radical (unpaired) electrons. The number of pyridine rings is 1. The summed E-state index contributed by atoms with van der Waals surface area (Å²) in [5, 5.41) is 2.62. The van der Waals surface area contributed by atoms with Crippen LogP contribution in [-0.2, 0) is 15.1 Å². The Morgan fingerprint density at radius 3 is 2.39 bits per heavy atom. The van der Waals surface area contributed by atoms with E-state index in [9.17, 15) is 9.59 Å². The maximum absolute atomic E-state index is 12.0. The Hall–Kier alpha value is -2.11. The number of aromatic nitrogens is 1. The average molecular weight is 319 g/mol. The van der Waals surface area contributed by atoms with Gasteiger partial charge in [0.25, 0.3) is 0 Å². The number of ether oxygens (including phenoxy) is 1. The van der Waals surface area contributed by atoms with Crippen molar-refractivity contribution in [2.24, 2.45) is 0 Å². The van der Waals surface area contributed by atoms with Crippen LogP contribution in [0.5, 0.6) is 0 Å². The minimum Gasteiger partial charge on any atom is -0.444 e. The quantitative estimate of drug-likeness (QED) is 0.864. The minimum absolute atomic E-state index is 0.619. The van der Waals surface area contributed by atoms with Crippen molar-refractivity contribution in [2.45, 2.75) is 51.7 Å². The Labute approximate surface area is 137 Å². The fourth-order valence-corrected chi connectivity index (χ4v) is 2.51. The third kappa shape index (κ3) is 4.43. The zero-order chi connectivity index (χ0) is 17.1. The van der Waals surface area contributed by atoms with Crippen molar-refractivity contribution in [3.05, 3.63) is 23.9 Å². The third-order valence-electron chi connectivity index (χ3n) is 3.77. The number of amides is 1. The van der Waals surface area contributed by atoms with Gasteiger partial charge in [-0.25, -0.2) is 9.78 Å². The molecule has 126 valence electrons. The molecule has 1 unspecified atom stereocenters. The number of nitrogens with zero attached hydrogens (tertiary/aromatic N) is 2. The SMILES string of the molecule is CC(C)(C)OC(=O)NC(C)(C=O)c1ccc(N2CCCC2)nc1. The van der Waals surface area contributed by atoms with Crippen LogP contribution in [0.2, 0.25) is 0 Å². The fourth-order valence-electron chi connectivity index (χ4n) is 2.51. The number of carbonyl (C=O) groups excluding carboxylic acids is 2. The van der Waals surface area contributed by atoms with Crippen molar-refractivity contribution in [3.8, 4) is 0 Å². The molecule has 0 aliphatic carbocycles. The molecule has 1 saturated heterocycles. The van der Waals surface area contributed by atoms with Gasteiger partial charge in [0.05, 0.1) is 0 Å². The van der Waals surface area contributed by atoms with Crippen molar-refractivity contribution >= 4 is 18.2 Å². The largest absolute Gasteiger partial charge is 0.444 e. The zero-order valence-corrected chi connectivity index (χ0v) is 14.3. The Morgan fingerprint density at radius 1 is 1.26 bits per heavy atom. The van der Waals surface area contributed by atoms with Crippen LogP contribution in [0, 0.1) is 0 Å². The summed E-state index contributed by atoms with van der Waals surface area (Å²) in [4.78, 5) is 30.2. The van der Waals surface area contributed by atoms with Gasteiger partial charge in [0.15, 0.2) is 0 Å². The molecule has 2 heterocycles. The number of alkyl carbamates (subject to hydrolysis) is 1. The van der Waals surface area contributed by atoms with Crippen molar-refractivity contribution in [2.75, 3.05) is 18.0 Å². The molecule has 23 heavy (non-hydrogen) atoms. The summed E-state index contributed by atoms with van der Waals surface area (Å²) < 4.78 is 5.22. The average Bonchev–Trinajstić information content (AvgIpc) is 2.99. The predicted octanol–water partition coefficient (Wildman–Crippen LogP) is 2.62. The Balaban J connectivity index is 2.12. The maximum Gasteiger partial charge on any atom is 0.408 e. The first-order valence-corrected chi connectivity index (χ1v) is 7.92. The molecular weight excluding hydrogens is 294 g/mol.